The van der Waals surface area contributed by atoms with Gasteiger partial charge in [-0.2, -0.15) is 10.2 Å². The van der Waals surface area contributed by atoms with Crippen LogP contribution < -0.4 is 0 Å². The van der Waals surface area contributed by atoms with E-state index in [4.69, 9.17) is 4.74 Å². The molecule has 0 spiro atoms. The van der Waals surface area contributed by atoms with Gasteiger partial charge in [0.2, 0.25) is 5.78 Å². The second kappa shape index (κ2) is 8.16. The van der Waals surface area contributed by atoms with Crippen molar-refractivity contribution in [2.75, 3.05) is 7.11 Å². The van der Waals surface area contributed by atoms with Gasteiger partial charge in [0.25, 0.3) is 0 Å². The van der Waals surface area contributed by atoms with Crippen LogP contribution in [0.1, 0.15) is 5.56 Å². The number of hydrogen-bond acceptors (Lipinski definition) is 4. The van der Waals surface area contributed by atoms with E-state index in [1.54, 1.807) is 18.4 Å². The molecule has 0 atom stereocenters. The molecule has 2 aromatic rings. The van der Waals surface area contributed by atoms with Gasteiger partial charge in [-0.1, -0.05) is 30.3 Å². The first-order valence-corrected chi connectivity index (χ1v) is 8.07. The Morgan fingerprint density at radius 1 is 1.04 bits per heavy atom. The second-order valence-corrected chi connectivity index (χ2v) is 5.69. The number of Topliss-reactive ketones (excluding diaryl/α,β-unsaturated/α-hetero) is 1. The molecule has 2 aromatic carbocycles. The van der Waals surface area contributed by atoms with Gasteiger partial charge in [-0.25, -0.2) is 4.39 Å². The number of nitrogens with zero attached hydrogens (tertiary/aromatic N) is 2. The van der Waals surface area contributed by atoms with Crippen LogP contribution in [-0.2, 0) is 16.0 Å². The van der Waals surface area contributed by atoms with Crippen molar-refractivity contribution in [2.24, 2.45) is 10.2 Å². The van der Waals surface area contributed by atoms with Gasteiger partial charge in [0, 0.05) is 12.0 Å². The number of halogens is 1. The molecule has 0 unspecified atom stereocenters. The van der Waals surface area contributed by atoms with Gasteiger partial charge in [0.05, 0.1) is 19.0 Å². The molecule has 130 valence electrons. The lowest BCUT2D eigenvalue weighted by Gasteiger charge is -2.14. The van der Waals surface area contributed by atoms with Gasteiger partial charge < -0.3 is 4.74 Å². The SMILES string of the molecule is COC1=C/C(=C\N=Nc2ccc(F)cc2)C=C(Cc2ccccc2)C1=O. The Bertz CT molecular complexity index is 911. The van der Waals surface area contributed by atoms with Crippen LogP contribution in [0.3, 0.4) is 0 Å². The van der Waals surface area contributed by atoms with Crippen molar-refractivity contribution in [2.45, 2.75) is 6.42 Å². The first-order valence-electron chi connectivity index (χ1n) is 8.07. The molecular formula is C21H17FN2O2. The molecule has 26 heavy (non-hydrogen) atoms. The Hall–Kier alpha value is -3.34. The van der Waals surface area contributed by atoms with Crippen molar-refractivity contribution < 1.29 is 13.9 Å². The van der Waals surface area contributed by atoms with E-state index in [9.17, 15) is 9.18 Å². The number of carbonyl (C=O) groups is 1. The van der Waals surface area contributed by atoms with Gasteiger partial charge in [-0.3, -0.25) is 4.79 Å². The third-order valence-corrected chi connectivity index (χ3v) is 3.82. The van der Waals surface area contributed by atoms with Crippen LogP contribution in [0, 0.1) is 5.82 Å². The zero-order valence-electron chi connectivity index (χ0n) is 14.2. The maximum atomic E-state index is 12.9. The summed E-state index contributed by atoms with van der Waals surface area (Å²) in [5, 5.41) is 8.03. The zero-order valence-corrected chi connectivity index (χ0v) is 14.2. The van der Waals surface area contributed by atoms with E-state index in [1.165, 1.54) is 31.4 Å². The van der Waals surface area contributed by atoms with Crippen molar-refractivity contribution >= 4 is 11.5 Å². The van der Waals surface area contributed by atoms with Crippen LogP contribution >= 0.6 is 0 Å². The number of methoxy groups -OCH3 is 1. The molecule has 4 nitrogen and oxygen atoms in total. The highest BCUT2D eigenvalue weighted by Gasteiger charge is 2.21. The van der Waals surface area contributed by atoms with E-state index in [2.05, 4.69) is 10.2 Å². The molecule has 0 saturated carbocycles. The second-order valence-electron chi connectivity index (χ2n) is 5.69. The third kappa shape index (κ3) is 4.39. The van der Waals surface area contributed by atoms with Gasteiger partial charge in [0.1, 0.15) is 5.82 Å². The van der Waals surface area contributed by atoms with Gasteiger partial charge in [-0.15, -0.1) is 0 Å². The minimum atomic E-state index is -0.325. The molecule has 0 N–H and O–H groups in total. The molecule has 0 aliphatic heterocycles. The average Bonchev–Trinajstić information content (AvgIpc) is 2.66. The van der Waals surface area contributed by atoms with Crippen LogP contribution in [-0.4, -0.2) is 12.9 Å². The fourth-order valence-corrected chi connectivity index (χ4v) is 2.53. The fourth-order valence-electron chi connectivity index (χ4n) is 2.53. The number of rotatable bonds is 5. The smallest absolute Gasteiger partial charge is 0.223 e. The van der Waals surface area contributed by atoms with Crippen LogP contribution in [0.25, 0.3) is 0 Å². The molecule has 3 rings (SSSR count). The predicted molar refractivity (Wildman–Crippen MR) is 97.3 cm³/mol. The molecule has 0 aromatic heterocycles. The quantitative estimate of drug-likeness (QED) is 0.708. The highest BCUT2D eigenvalue weighted by molar-refractivity contribution is 6.09. The fraction of sp³-hybridized carbons (Fsp3) is 0.0952. The van der Waals surface area contributed by atoms with Crippen molar-refractivity contribution in [3.63, 3.8) is 0 Å². The maximum absolute atomic E-state index is 12.9. The Morgan fingerprint density at radius 2 is 1.77 bits per heavy atom. The summed E-state index contributed by atoms with van der Waals surface area (Å²) in [6, 6.07) is 15.5. The van der Waals surface area contributed by atoms with Crippen molar-refractivity contribution in [3.8, 4) is 0 Å². The number of carbonyl (C=O) groups excluding carboxylic acids is 1. The molecule has 0 bridgehead atoms. The van der Waals surface area contributed by atoms with E-state index in [0.29, 0.717) is 23.3 Å². The molecule has 0 amide bonds. The summed E-state index contributed by atoms with van der Waals surface area (Å²) in [5.41, 5.74) is 2.91. The molecular weight excluding hydrogens is 331 g/mol. The van der Waals surface area contributed by atoms with E-state index < -0.39 is 0 Å². The molecule has 0 fully saturated rings. The Morgan fingerprint density at radius 3 is 2.46 bits per heavy atom. The standard InChI is InChI=1S/C21H17FN2O2/c1-26-20-13-16(14-23-24-19-9-7-18(22)8-10-19)12-17(21(20)25)11-15-5-3-2-4-6-15/h2-10,12-14H,11H2,1H3/b16-14-,24-23?. The number of ketones is 1. The van der Waals surface area contributed by atoms with Gasteiger partial charge in [0.15, 0.2) is 5.76 Å². The highest BCUT2D eigenvalue weighted by Crippen LogP contribution is 2.23. The molecule has 0 heterocycles. The van der Waals surface area contributed by atoms with E-state index in [1.807, 2.05) is 30.3 Å². The van der Waals surface area contributed by atoms with Gasteiger partial charge in [-0.05, 0) is 47.6 Å². The summed E-state index contributed by atoms with van der Waals surface area (Å²) >= 11 is 0. The monoisotopic (exact) mass is 348 g/mol. The number of ether oxygens (including phenoxy) is 1. The zero-order chi connectivity index (χ0) is 18.4. The molecule has 5 heteroatoms. The Labute approximate surface area is 151 Å². The first kappa shape index (κ1) is 17.5. The lowest BCUT2D eigenvalue weighted by atomic mass is 9.94. The lowest BCUT2D eigenvalue weighted by molar-refractivity contribution is -0.115. The van der Waals surface area contributed by atoms with Crippen molar-refractivity contribution in [1.82, 2.24) is 0 Å². The summed E-state index contributed by atoms with van der Waals surface area (Å²) in [5.74, 6) is -0.195. The normalized spacial score (nSPS) is 15.9. The Balaban J connectivity index is 1.83. The highest BCUT2D eigenvalue weighted by atomic mass is 19.1. The van der Waals surface area contributed by atoms with Crippen molar-refractivity contribution in [1.29, 1.82) is 0 Å². The van der Waals surface area contributed by atoms with Crippen LogP contribution in [0.2, 0.25) is 0 Å². The van der Waals surface area contributed by atoms with Gasteiger partial charge >= 0.3 is 0 Å². The molecule has 0 radical (unpaired) electrons. The van der Waals surface area contributed by atoms with E-state index >= 15 is 0 Å². The number of allylic oxidation sites excluding steroid dienone is 4. The van der Waals surface area contributed by atoms with Crippen LogP contribution in [0.4, 0.5) is 10.1 Å². The molecule has 0 saturated heterocycles. The maximum Gasteiger partial charge on any atom is 0.223 e. The van der Waals surface area contributed by atoms with Crippen molar-refractivity contribution in [3.05, 3.63) is 101 Å². The summed E-state index contributed by atoms with van der Waals surface area (Å²) in [4.78, 5) is 12.5. The van der Waals surface area contributed by atoms with Crippen LogP contribution in [0.15, 0.2) is 100 Å². The summed E-state index contributed by atoms with van der Waals surface area (Å²) in [7, 11) is 1.47. The summed E-state index contributed by atoms with van der Waals surface area (Å²) in [6.45, 7) is 0. The minimum Gasteiger partial charge on any atom is -0.493 e. The predicted octanol–water partition coefficient (Wildman–Crippen LogP) is 5.08. The number of hydrogen-bond donors (Lipinski definition) is 0. The largest absolute Gasteiger partial charge is 0.493 e. The number of benzene rings is 2. The summed E-state index contributed by atoms with van der Waals surface area (Å²) in [6.07, 6.45) is 5.45. The van der Waals surface area contributed by atoms with E-state index in [-0.39, 0.29) is 17.4 Å². The number of azo groups is 1. The molecule has 1 aliphatic carbocycles. The van der Waals surface area contributed by atoms with Crippen LogP contribution in [0.5, 0.6) is 0 Å². The Kier molecular flexibility index (Phi) is 5.49. The first-order chi connectivity index (χ1) is 12.7. The van der Waals surface area contributed by atoms with E-state index in [0.717, 1.165) is 5.56 Å². The topological polar surface area (TPSA) is 51.0 Å². The minimum absolute atomic E-state index is 0.135. The molecule has 1 aliphatic rings. The lowest BCUT2D eigenvalue weighted by Crippen LogP contribution is -2.14. The summed E-state index contributed by atoms with van der Waals surface area (Å²) < 4.78 is 18.1. The third-order valence-electron chi connectivity index (χ3n) is 3.82. The average molecular weight is 348 g/mol.